The minimum Gasteiger partial charge on any atom is -0.251 e. The third kappa shape index (κ3) is 3.35. The fourth-order valence-electron chi connectivity index (χ4n) is 1.10. The van der Waals surface area contributed by atoms with E-state index in [4.69, 9.17) is 11.6 Å². The Bertz CT molecular complexity index is 284. The van der Waals surface area contributed by atoms with Gasteiger partial charge < -0.3 is 0 Å². The highest BCUT2D eigenvalue weighted by molar-refractivity contribution is 6.30. The Morgan fingerprint density at radius 3 is 2.62 bits per heavy atom. The molecule has 0 saturated carbocycles. The lowest BCUT2D eigenvalue weighted by molar-refractivity contribution is 0.285. The average molecular weight is 199 g/mol. The van der Waals surface area contributed by atoms with Gasteiger partial charge in [0, 0.05) is 25.7 Å². The normalized spacial score (nSPS) is 10.8. The number of nitrogens with one attached hydrogen (secondary N) is 1. The van der Waals surface area contributed by atoms with Crippen LogP contribution < -0.4 is 5.43 Å². The molecule has 0 saturated heterocycles. The monoisotopic (exact) mass is 198 g/mol. The van der Waals surface area contributed by atoms with Crippen LogP contribution in [0.15, 0.2) is 18.2 Å². The molecule has 0 spiro atoms. The zero-order valence-corrected chi connectivity index (χ0v) is 9.02. The molecule has 0 atom stereocenters. The Morgan fingerprint density at radius 2 is 2.08 bits per heavy atom. The number of halogens is 1. The van der Waals surface area contributed by atoms with E-state index in [2.05, 4.69) is 12.3 Å². The first-order valence-corrected chi connectivity index (χ1v) is 4.63. The van der Waals surface area contributed by atoms with Gasteiger partial charge in [-0.25, -0.2) is 0 Å². The largest absolute Gasteiger partial charge is 0.251 e. The van der Waals surface area contributed by atoms with Gasteiger partial charge in [-0.15, -0.1) is 0 Å². The van der Waals surface area contributed by atoms with E-state index in [1.165, 1.54) is 11.1 Å². The number of hydrazine groups is 1. The summed E-state index contributed by atoms with van der Waals surface area (Å²) in [6.07, 6.45) is 0. The topological polar surface area (TPSA) is 15.3 Å². The molecule has 72 valence electrons. The van der Waals surface area contributed by atoms with Crippen molar-refractivity contribution in [2.24, 2.45) is 0 Å². The molecule has 0 heterocycles. The van der Waals surface area contributed by atoms with Crippen LogP contribution in [0.5, 0.6) is 0 Å². The Balaban J connectivity index is 2.67. The van der Waals surface area contributed by atoms with Gasteiger partial charge in [0.15, 0.2) is 0 Å². The van der Waals surface area contributed by atoms with E-state index in [0.29, 0.717) is 0 Å². The molecule has 0 aromatic heterocycles. The van der Waals surface area contributed by atoms with Crippen molar-refractivity contribution in [3.8, 4) is 0 Å². The Morgan fingerprint density at radius 1 is 1.38 bits per heavy atom. The quantitative estimate of drug-likeness (QED) is 0.750. The molecule has 0 bridgehead atoms. The van der Waals surface area contributed by atoms with Crippen LogP contribution in [0.1, 0.15) is 11.1 Å². The predicted molar refractivity (Wildman–Crippen MR) is 56.7 cm³/mol. The highest BCUT2D eigenvalue weighted by Gasteiger charge is 1.98. The molecule has 0 amide bonds. The van der Waals surface area contributed by atoms with Gasteiger partial charge in [0.05, 0.1) is 0 Å². The van der Waals surface area contributed by atoms with Gasteiger partial charge in [-0.2, -0.15) is 0 Å². The van der Waals surface area contributed by atoms with Crippen molar-refractivity contribution in [1.82, 2.24) is 10.4 Å². The fraction of sp³-hybridized carbons (Fsp3) is 0.400. The maximum absolute atomic E-state index is 5.85. The third-order valence-corrected chi connectivity index (χ3v) is 2.13. The maximum Gasteiger partial charge on any atom is 0.0408 e. The van der Waals surface area contributed by atoms with Crippen molar-refractivity contribution in [1.29, 1.82) is 0 Å². The van der Waals surface area contributed by atoms with Gasteiger partial charge in [0.1, 0.15) is 0 Å². The summed E-state index contributed by atoms with van der Waals surface area (Å²) in [5.41, 5.74) is 5.71. The van der Waals surface area contributed by atoms with E-state index in [1.54, 1.807) is 0 Å². The van der Waals surface area contributed by atoms with E-state index < -0.39 is 0 Å². The van der Waals surface area contributed by atoms with Crippen LogP contribution in [0.2, 0.25) is 5.02 Å². The molecule has 13 heavy (non-hydrogen) atoms. The molecule has 0 radical (unpaired) electrons. The fourth-order valence-corrected chi connectivity index (χ4v) is 1.33. The number of hydrogen-bond acceptors (Lipinski definition) is 2. The van der Waals surface area contributed by atoms with Crippen molar-refractivity contribution < 1.29 is 0 Å². The van der Waals surface area contributed by atoms with Crippen LogP contribution in [-0.2, 0) is 6.54 Å². The molecule has 1 aromatic rings. The summed E-state index contributed by atoms with van der Waals surface area (Å²) >= 11 is 5.85. The first kappa shape index (κ1) is 10.5. The number of benzene rings is 1. The lowest BCUT2D eigenvalue weighted by Crippen LogP contribution is -2.29. The highest BCUT2D eigenvalue weighted by atomic mass is 35.5. The van der Waals surface area contributed by atoms with Gasteiger partial charge in [0.25, 0.3) is 0 Å². The summed E-state index contributed by atoms with van der Waals surface area (Å²) in [7, 11) is 3.95. The Kier molecular flexibility index (Phi) is 3.72. The van der Waals surface area contributed by atoms with E-state index in [0.717, 1.165) is 11.6 Å². The smallest absolute Gasteiger partial charge is 0.0408 e. The molecular weight excluding hydrogens is 184 g/mol. The minimum absolute atomic E-state index is 0.797. The van der Waals surface area contributed by atoms with E-state index in [9.17, 15) is 0 Å². The second kappa shape index (κ2) is 4.61. The molecule has 2 nitrogen and oxygen atoms in total. The second-order valence-corrected chi connectivity index (χ2v) is 3.74. The van der Waals surface area contributed by atoms with E-state index in [1.807, 2.05) is 37.3 Å². The summed E-state index contributed by atoms with van der Waals surface area (Å²) in [6.45, 7) is 2.91. The highest BCUT2D eigenvalue weighted by Crippen LogP contribution is 2.14. The molecule has 0 aliphatic rings. The Hall–Kier alpha value is -0.570. The number of aryl methyl sites for hydroxylation is 1. The van der Waals surface area contributed by atoms with Crippen molar-refractivity contribution >= 4 is 11.6 Å². The van der Waals surface area contributed by atoms with Crippen LogP contribution in [0.3, 0.4) is 0 Å². The number of rotatable bonds is 3. The van der Waals surface area contributed by atoms with Crippen LogP contribution >= 0.6 is 11.6 Å². The van der Waals surface area contributed by atoms with Gasteiger partial charge in [-0.05, 0) is 30.2 Å². The molecular formula is C10H15ClN2. The summed E-state index contributed by atoms with van der Waals surface area (Å²) in [5.74, 6) is 0. The SMILES string of the molecule is Cc1cc(Cl)ccc1CNN(C)C. The van der Waals surface area contributed by atoms with Gasteiger partial charge >= 0.3 is 0 Å². The zero-order valence-electron chi connectivity index (χ0n) is 8.26. The standard InChI is InChI=1S/C10H15ClN2/c1-8-6-10(11)5-4-9(8)7-12-13(2)3/h4-6,12H,7H2,1-3H3. The van der Waals surface area contributed by atoms with Crippen molar-refractivity contribution in [2.75, 3.05) is 14.1 Å². The van der Waals surface area contributed by atoms with Crippen molar-refractivity contribution in [2.45, 2.75) is 13.5 Å². The molecule has 3 heteroatoms. The molecule has 1 N–H and O–H groups in total. The molecule has 0 fully saturated rings. The van der Waals surface area contributed by atoms with Crippen LogP contribution in [0.25, 0.3) is 0 Å². The molecule has 1 aromatic carbocycles. The molecule has 0 aliphatic heterocycles. The lowest BCUT2D eigenvalue weighted by Gasteiger charge is -2.13. The predicted octanol–water partition coefficient (Wildman–Crippen LogP) is 2.21. The summed E-state index contributed by atoms with van der Waals surface area (Å²) < 4.78 is 0. The number of nitrogens with zero attached hydrogens (tertiary/aromatic N) is 1. The molecule has 1 rings (SSSR count). The van der Waals surface area contributed by atoms with Gasteiger partial charge in [-0.3, -0.25) is 10.4 Å². The second-order valence-electron chi connectivity index (χ2n) is 3.30. The first-order chi connectivity index (χ1) is 6.09. The third-order valence-electron chi connectivity index (χ3n) is 1.89. The summed E-state index contributed by atoms with van der Waals surface area (Å²) in [6, 6.07) is 5.95. The van der Waals surface area contributed by atoms with E-state index in [-0.39, 0.29) is 0 Å². The summed E-state index contributed by atoms with van der Waals surface area (Å²) in [5, 5.41) is 2.74. The van der Waals surface area contributed by atoms with Crippen LogP contribution in [0, 0.1) is 6.92 Å². The van der Waals surface area contributed by atoms with Crippen molar-refractivity contribution in [3.05, 3.63) is 34.3 Å². The minimum atomic E-state index is 0.797. The lowest BCUT2D eigenvalue weighted by atomic mass is 10.1. The van der Waals surface area contributed by atoms with Crippen molar-refractivity contribution in [3.63, 3.8) is 0 Å². The summed E-state index contributed by atoms with van der Waals surface area (Å²) in [4.78, 5) is 0. The van der Waals surface area contributed by atoms with Crippen LogP contribution in [0.4, 0.5) is 0 Å². The zero-order chi connectivity index (χ0) is 9.84. The first-order valence-electron chi connectivity index (χ1n) is 4.25. The molecule has 0 aliphatic carbocycles. The Labute approximate surface area is 84.5 Å². The number of hydrogen-bond donors (Lipinski definition) is 1. The average Bonchev–Trinajstić information content (AvgIpc) is 2.02. The van der Waals surface area contributed by atoms with E-state index >= 15 is 0 Å². The van der Waals surface area contributed by atoms with Gasteiger partial charge in [-0.1, -0.05) is 17.7 Å². The maximum atomic E-state index is 5.85. The van der Waals surface area contributed by atoms with Gasteiger partial charge in [0.2, 0.25) is 0 Å². The van der Waals surface area contributed by atoms with Crippen LogP contribution in [-0.4, -0.2) is 19.1 Å². The molecule has 0 unspecified atom stereocenters.